The molecule has 128 valence electrons. The van der Waals surface area contributed by atoms with Gasteiger partial charge in [-0.25, -0.2) is 9.69 Å². The smallest absolute Gasteiger partial charge is 0.422 e. The number of carbonyl (C=O) groups excluding carboxylic acids is 3. The number of nitrogens with two attached hydrogens (primary N) is 1. The van der Waals surface area contributed by atoms with E-state index in [2.05, 4.69) is 0 Å². The number of aliphatic carboxylic acids is 1. The molecule has 0 saturated carbocycles. The molecule has 0 aliphatic carbocycles. The molecule has 1 aromatic rings. The fourth-order valence-corrected chi connectivity index (χ4v) is 2.19. The van der Waals surface area contributed by atoms with Crippen LogP contribution in [0, 0.1) is 0 Å². The van der Waals surface area contributed by atoms with E-state index in [1.165, 1.54) is 29.2 Å². The Morgan fingerprint density at radius 2 is 1.83 bits per heavy atom. The predicted molar refractivity (Wildman–Crippen MR) is 81.0 cm³/mol. The van der Waals surface area contributed by atoms with Gasteiger partial charge >= 0.3 is 23.9 Å². The highest BCUT2D eigenvalue weighted by atomic mass is 16.6. The van der Waals surface area contributed by atoms with E-state index in [0.717, 1.165) is 4.90 Å². The van der Waals surface area contributed by atoms with Crippen LogP contribution in [0.1, 0.15) is 18.5 Å². The number of imide groups is 1. The minimum absolute atomic E-state index is 0.0548. The first-order valence-electron chi connectivity index (χ1n) is 7.26. The van der Waals surface area contributed by atoms with Gasteiger partial charge in [0, 0.05) is 13.1 Å². The Morgan fingerprint density at radius 3 is 2.38 bits per heavy atom. The second-order valence-corrected chi connectivity index (χ2v) is 5.09. The summed E-state index contributed by atoms with van der Waals surface area (Å²) in [5.74, 6) is -2.75. The maximum atomic E-state index is 12.0. The fraction of sp³-hybridized carbons (Fsp3) is 0.333. The van der Waals surface area contributed by atoms with Gasteiger partial charge < -0.3 is 20.5 Å². The van der Waals surface area contributed by atoms with Crippen LogP contribution in [0.15, 0.2) is 24.3 Å². The van der Waals surface area contributed by atoms with Gasteiger partial charge in [-0.05, 0) is 24.6 Å². The minimum Gasteiger partial charge on any atom is -0.480 e. The summed E-state index contributed by atoms with van der Waals surface area (Å²) in [7, 11) is 0. The monoisotopic (exact) mass is 335 g/mol. The molecule has 1 atom stereocenters. The SMILES string of the molecule is CCN1CCN(C(=O)Oc2ccc(C(N)C(=O)O)cc2)C(=O)C1=O. The van der Waals surface area contributed by atoms with E-state index >= 15 is 0 Å². The molecule has 1 heterocycles. The van der Waals surface area contributed by atoms with Crippen molar-refractivity contribution in [3.63, 3.8) is 0 Å². The van der Waals surface area contributed by atoms with Crippen LogP contribution in [-0.4, -0.2) is 58.4 Å². The summed E-state index contributed by atoms with van der Waals surface area (Å²) in [5, 5.41) is 8.83. The third-order valence-electron chi connectivity index (χ3n) is 3.62. The normalized spacial score (nSPS) is 16.1. The Hall–Kier alpha value is -2.94. The summed E-state index contributed by atoms with van der Waals surface area (Å²) < 4.78 is 5.04. The standard InChI is InChI=1S/C15H17N3O6/c1-2-17-7-8-18(13(20)12(17)19)15(23)24-10-5-3-9(4-6-10)11(16)14(21)22/h3-6,11H,2,7-8,16H2,1H3,(H,21,22). The molecule has 9 nitrogen and oxygen atoms in total. The molecule has 0 aromatic heterocycles. The summed E-state index contributed by atoms with van der Waals surface area (Å²) >= 11 is 0. The first-order chi connectivity index (χ1) is 11.3. The summed E-state index contributed by atoms with van der Waals surface area (Å²) in [6.07, 6.45) is -0.959. The van der Waals surface area contributed by atoms with Gasteiger partial charge in [0.05, 0.1) is 6.54 Å². The Bertz CT molecular complexity index is 672. The van der Waals surface area contributed by atoms with Gasteiger partial charge in [-0.2, -0.15) is 0 Å². The van der Waals surface area contributed by atoms with Crippen LogP contribution < -0.4 is 10.5 Å². The largest absolute Gasteiger partial charge is 0.480 e. The van der Waals surface area contributed by atoms with E-state index in [1.807, 2.05) is 0 Å². The van der Waals surface area contributed by atoms with Gasteiger partial charge in [0.2, 0.25) is 0 Å². The van der Waals surface area contributed by atoms with Crippen molar-refractivity contribution in [1.82, 2.24) is 9.80 Å². The second kappa shape index (κ2) is 7.09. The lowest BCUT2D eigenvalue weighted by Crippen LogP contribution is -2.56. The van der Waals surface area contributed by atoms with Crippen molar-refractivity contribution >= 4 is 23.9 Å². The Kier molecular flexibility index (Phi) is 5.14. The Labute approximate surface area is 137 Å². The summed E-state index contributed by atoms with van der Waals surface area (Å²) in [4.78, 5) is 48.6. The lowest BCUT2D eigenvalue weighted by atomic mass is 10.1. The van der Waals surface area contributed by atoms with Crippen molar-refractivity contribution in [3.8, 4) is 5.75 Å². The number of carbonyl (C=O) groups is 4. The number of hydrogen-bond acceptors (Lipinski definition) is 6. The van der Waals surface area contributed by atoms with Crippen LogP contribution in [0.25, 0.3) is 0 Å². The lowest BCUT2D eigenvalue weighted by molar-refractivity contribution is -0.154. The number of nitrogens with zero attached hydrogens (tertiary/aromatic N) is 2. The molecule has 3 N–H and O–H groups in total. The third-order valence-corrected chi connectivity index (χ3v) is 3.62. The third kappa shape index (κ3) is 3.51. The number of carboxylic acids is 1. The number of amides is 3. The van der Waals surface area contributed by atoms with E-state index in [1.54, 1.807) is 6.92 Å². The predicted octanol–water partition coefficient (Wildman–Crippen LogP) is -0.0395. The van der Waals surface area contributed by atoms with Gasteiger partial charge in [-0.3, -0.25) is 14.4 Å². The summed E-state index contributed by atoms with van der Waals surface area (Å²) in [5.41, 5.74) is 5.80. The highest BCUT2D eigenvalue weighted by molar-refractivity contribution is 6.37. The van der Waals surface area contributed by atoms with Gasteiger partial charge in [0.15, 0.2) is 0 Å². The quantitative estimate of drug-likeness (QED) is 0.738. The molecule has 2 rings (SSSR count). The van der Waals surface area contributed by atoms with Crippen LogP contribution in [0.2, 0.25) is 0 Å². The first kappa shape index (κ1) is 17.4. The average molecular weight is 335 g/mol. The average Bonchev–Trinajstić information content (AvgIpc) is 2.57. The number of benzene rings is 1. The molecule has 0 radical (unpaired) electrons. The van der Waals surface area contributed by atoms with E-state index < -0.39 is 29.9 Å². The van der Waals surface area contributed by atoms with Crippen LogP contribution >= 0.6 is 0 Å². The van der Waals surface area contributed by atoms with Crippen molar-refractivity contribution in [2.75, 3.05) is 19.6 Å². The van der Waals surface area contributed by atoms with Gasteiger partial charge in [0.1, 0.15) is 11.8 Å². The van der Waals surface area contributed by atoms with Crippen molar-refractivity contribution in [3.05, 3.63) is 29.8 Å². The van der Waals surface area contributed by atoms with Crippen LogP contribution in [0.5, 0.6) is 5.75 Å². The molecular formula is C15H17N3O6. The molecule has 24 heavy (non-hydrogen) atoms. The Balaban J connectivity index is 2.03. The summed E-state index contributed by atoms with van der Waals surface area (Å²) in [6.45, 7) is 2.43. The first-order valence-corrected chi connectivity index (χ1v) is 7.26. The molecule has 1 saturated heterocycles. The van der Waals surface area contributed by atoms with E-state index in [4.69, 9.17) is 15.6 Å². The van der Waals surface area contributed by atoms with Crippen molar-refractivity contribution in [2.24, 2.45) is 5.73 Å². The number of carboxylic acid groups (broad SMARTS) is 1. The zero-order valence-electron chi connectivity index (χ0n) is 13.0. The van der Waals surface area contributed by atoms with Gasteiger partial charge in [-0.1, -0.05) is 12.1 Å². The zero-order chi connectivity index (χ0) is 17.9. The minimum atomic E-state index is -1.18. The zero-order valence-corrected chi connectivity index (χ0v) is 13.0. The Morgan fingerprint density at radius 1 is 1.21 bits per heavy atom. The molecule has 9 heteroatoms. The maximum absolute atomic E-state index is 12.0. The fourth-order valence-electron chi connectivity index (χ4n) is 2.19. The topological polar surface area (TPSA) is 130 Å². The maximum Gasteiger partial charge on any atom is 0.422 e. The molecule has 1 fully saturated rings. The highest BCUT2D eigenvalue weighted by Gasteiger charge is 2.36. The lowest BCUT2D eigenvalue weighted by Gasteiger charge is -2.31. The molecule has 1 aromatic carbocycles. The van der Waals surface area contributed by atoms with Crippen molar-refractivity contribution in [2.45, 2.75) is 13.0 Å². The molecule has 1 unspecified atom stereocenters. The van der Waals surface area contributed by atoms with Crippen LogP contribution in [0.3, 0.4) is 0 Å². The molecule has 0 spiro atoms. The number of rotatable bonds is 4. The van der Waals surface area contributed by atoms with Crippen LogP contribution in [-0.2, 0) is 14.4 Å². The number of likely N-dealkylation sites (N-methyl/N-ethyl adjacent to an activating group) is 1. The van der Waals surface area contributed by atoms with Crippen LogP contribution in [0.4, 0.5) is 4.79 Å². The van der Waals surface area contributed by atoms with E-state index in [9.17, 15) is 19.2 Å². The van der Waals surface area contributed by atoms with E-state index in [0.29, 0.717) is 12.1 Å². The molecule has 3 amide bonds. The van der Waals surface area contributed by atoms with E-state index in [-0.39, 0.29) is 18.8 Å². The number of ether oxygens (including phenoxy) is 1. The molecule has 1 aliphatic heterocycles. The number of hydrogen-bond donors (Lipinski definition) is 2. The highest BCUT2D eigenvalue weighted by Crippen LogP contribution is 2.18. The second-order valence-electron chi connectivity index (χ2n) is 5.09. The van der Waals surface area contributed by atoms with Gasteiger partial charge in [-0.15, -0.1) is 0 Å². The summed E-state index contributed by atoms with van der Waals surface area (Å²) in [6, 6.07) is 4.36. The van der Waals surface area contributed by atoms with Gasteiger partial charge in [0.25, 0.3) is 0 Å². The molecule has 0 bridgehead atoms. The van der Waals surface area contributed by atoms with Crippen molar-refractivity contribution in [1.29, 1.82) is 0 Å². The molecule has 1 aliphatic rings. The van der Waals surface area contributed by atoms with Crippen molar-refractivity contribution < 1.29 is 29.0 Å². The molecular weight excluding hydrogens is 318 g/mol. The number of piperazine rings is 1.